The predicted octanol–water partition coefficient (Wildman–Crippen LogP) is 2.31. The number of ether oxygens (including phenoxy) is 1. The van der Waals surface area contributed by atoms with E-state index in [2.05, 4.69) is 31.5 Å². The zero-order valence-corrected chi connectivity index (χ0v) is 19.5. The van der Waals surface area contributed by atoms with Gasteiger partial charge >= 0.3 is 0 Å². The molecule has 0 unspecified atom stereocenters. The molecule has 9 nitrogen and oxygen atoms in total. The number of hydrogen-bond acceptors (Lipinski definition) is 7. The van der Waals surface area contributed by atoms with Crippen molar-refractivity contribution >= 4 is 23.4 Å². The van der Waals surface area contributed by atoms with Crippen molar-refractivity contribution in [1.82, 2.24) is 30.0 Å². The number of rotatable bonds is 4. The average Bonchev–Trinajstić information content (AvgIpc) is 3.56. The van der Waals surface area contributed by atoms with Crippen LogP contribution in [-0.2, 0) is 13.0 Å². The second-order valence-electron chi connectivity index (χ2n) is 8.86. The summed E-state index contributed by atoms with van der Waals surface area (Å²) in [5.41, 5.74) is 5.77. The monoisotopic (exact) mass is 482 g/mol. The van der Waals surface area contributed by atoms with Gasteiger partial charge in [-0.25, -0.2) is 9.97 Å². The molecule has 1 aliphatic carbocycles. The number of aromatic amines is 1. The molecule has 0 spiro atoms. The molecule has 4 aromatic rings. The first-order chi connectivity index (χ1) is 16.1. The van der Waals surface area contributed by atoms with E-state index in [0.29, 0.717) is 13.0 Å². The van der Waals surface area contributed by atoms with Crippen LogP contribution in [0, 0.1) is 6.92 Å². The molecule has 10 heteroatoms. The number of halogens is 1. The van der Waals surface area contributed by atoms with Gasteiger partial charge in [-0.2, -0.15) is 5.10 Å². The highest BCUT2D eigenvalue weighted by Gasteiger charge is 2.44. The minimum absolute atomic E-state index is 0. The van der Waals surface area contributed by atoms with Crippen LogP contribution in [0.1, 0.15) is 29.3 Å². The third-order valence-corrected chi connectivity index (χ3v) is 6.91. The fourth-order valence-electron chi connectivity index (χ4n) is 5.13. The molecule has 1 aromatic carbocycles. The topological polar surface area (TPSA) is 121 Å². The number of aromatic nitrogens is 5. The van der Waals surface area contributed by atoms with Gasteiger partial charge < -0.3 is 24.8 Å². The lowest BCUT2D eigenvalue weighted by Crippen LogP contribution is -2.34. The highest BCUT2D eigenvalue weighted by Crippen LogP contribution is 2.38. The number of nitrogens with zero attached hydrogens (tertiary/aromatic N) is 4. The van der Waals surface area contributed by atoms with Crippen molar-refractivity contribution in [2.24, 2.45) is 0 Å². The zero-order chi connectivity index (χ0) is 22.5. The van der Waals surface area contributed by atoms with Crippen molar-refractivity contribution in [1.29, 1.82) is 0 Å². The van der Waals surface area contributed by atoms with Gasteiger partial charge in [0.25, 0.3) is 0 Å². The quantitative estimate of drug-likeness (QED) is 0.352. The lowest BCUT2D eigenvalue weighted by molar-refractivity contribution is -0.0166. The summed E-state index contributed by atoms with van der Waals surface area (Å²) in [4.78, 5) is 8.66. The van der Waals surface area contributed by atoms with Crippen molar-refractivity contribution in [3.8, 4) is 17.0 Å². The van der Waals surface area contributed by atoms with Crippen molar-refractivity contribution in [3.05, 3.63) is 59.8 Å². The lowest BCUT2D eigenvalue weighted by Gasteiger charge is -2.25. The van der Waals surface area contributed by atoms with Crippen molar-refractivity contribution in [2.75, 3.05) is 6.54 Å². The second-order valence-corrected chi connectivity index (χ2v) is 8.86. The molecule has 4 atom stereocenters. The summed E-state index contributed by atoms with van der Waals surface area (Å²) in [6.45, 7) is 3.55. The lowest BCUT2D eigenvalue weighted by atomic mass is 9.96. The number of aliphatic hydroxyl groups is 2. The Morgan fingerprint density at radius 2 is 2.03 bits per heavy atom. The second kappa shape index (κ2) is 8.99. The molecule has 1 fully saturated rings. The molecule has 34 heavy (non-hydrogen) atoms. The van der Waals surface area contributed by atoms with Gasteiger partial charge in [0, 0.05) is 41.9 Å². The molecule has 0 amide bonds. The maximum atomic E-state index is 10.9. The highest BCUT2D eigenvalue weighted by atomic mass is 35.5. The van der Waals surface area contributed by atoms with Crippen LogP contribution in [0.25, 0.3) is 22.3 Å². The van der Waals surface area contributed by atoms with E-state index in [1.54, 1.807) is 6.20 Å². The molecular weight excluding hydrogens is 456 g/mol. The number of hydrogen-bond donors (Lipinski definition) is 4. The number of aliphatic hydroxyl groups excluding tert-OH is 2. The van der Waals surface area contributed by atoms with Gasteiger partial charge in [0.05, 0.1) is 17.4 Å². The SMILES string of the molecule is Cc1ncnc2c1ccn2[C@@H]1C[C@H](Oc2cc(-c3cc[nH]n3)cc3c2CNCC3)[C@@H](O)[C@H]1O.Cl. The first-order valence-corrected chi connectivity index (χ1v) is 11.3. The Morgan fingerprint density at radius 3 is 2.85 bits per heavy atom. The number of H-pyrrole nitrogens is 1. The Bertz CT molecular complexity index is 1310. The molecule has 1 saturated carbocycles. The summed E-state index contributed by atoms with van der Waals surface area (Å²) in [5, 5.41) is 33.4. The number of benzene rings is 1. The molecule has 0 saturated heterocycles. The van der Waals surface area contributed by atoms with Crippen LogP contribution in [0.2, 0.25) is 0 Å². The zero-order valence-electron chi connectivity index (χ0n) is 18.7. The Labute approximate surface area is 202 Å². The third-order valence-electron chi connectivity index (χ3n) is 6.91. The summed E-state index contributed by atoms with van der Waals surface area (Å²) >= 11 is 0. The van der Waals surface area contributed by atoms with E-state index < -0.39 is 18.3 Å². The van der Waals surface area contributed by atoms with Crippen LogP contribution in [0.15, 0.2) is 43.0 Å². The molecule has 4 heterocycles. The van der Waals surface area contributed by atoms with E-state index in [0.717, 1.165) is 52.3 Å². The van der Waals surface area contributed by atoms with E-state index >= 15 is 0 Å². The van der Waals surface area contributed by atoms with E-state index in [-0.39, 0.29) is 18.4 Å². The van der Waals surface area contributed by atoms with Crippen LogP contribution in [0.3, 0.4) is 0 Å². The molecule has 178 valence electrons. The molecule has 3 aromatic heterocycles. The third kappa shape index (κ3) is 3.74. The van der Waals surface area contributed by atoms with Crippen molar-refractivity contribution in [2.45, 2.75) is 50.7 Å². The summed E-state index contributed by atoms with van der Waals surface area (Å²) < 4.78 is 8.35. The molecule has 1 aliphatic heterocycles. The smallest absolute Gasteiger partial charge is 0.143 e. The fourth-order valence-corrected chi connectivity index (χ4v) is 5.13. The van der Waals surface area contributed by atoms with Gasteiger partial charge in [-0.15, -0.1) is 12.4 Å². The van der Waals surface area contributed by atoms with Gasteiger partial charge in [0.2, 0.25) is 0 Å². The Balaban J connectivity index is 0.00000241. The molecule has 0 radical (unpaired) electrons. The minimum Gasteiger partial charge on any atom is -0.487 e. The molecule has 0 bridgehead atoms. The predicted molar refractivity (Wildman–Crippen MR) is 129 cm³/mol. The Kier molecular flexibility index (Phi) is 6.03. The largest absolute Gasteiger partial charge is 0.487 e. The van der Waals surface area contributed by atoms with Crippen LogP contribution in [0.4, 0.5) is 0 Å². The van der Waals surface area contributed by atoms with Crippen molar-refractivity contribution < 1.29 is 14.9 Å². The number of aryl methyl sites for hydroxylation is 1. The maximum absolute atomic E-state index is 10.9. The molecular formula is C24H27ClN6O3. The summed E-state index contributed by atoms with van der Waals surface area (Å²) in [6, 6.07) is 7.68. The van der Waals surface area contributed by atoms with E-state index in [4.69, 9.17) is 4.74 Å². The standard InChI is InChI=1S/C24H26N6O3.ClH/c1-13-16-4-7-30(24(16)27-12-26-13)19-10-21(23(32)22(19)31)33-20-9-15(18-3-6-28-29-18)8-14-2-5-25-11-17(14)20;/h3-4,6-9,12,19,21-23,25,31-32H,2,5,10-11H2,1H3,(H,28,29);1H/t19-,21+,22+,23-;/m1./s1. The van der Waals surface area contributed by atoms with Crippen LogP contribution < -0.4 is 10.1 Å². The van der Waals surface area contributed by atoms with Crippen LogP contribution in [0.5, 0.6) is 5.75 Å². The first-order valence-electron chi connectivity index (χ1n) is 11.3. The summed E-state index contributed by atoms with van der Waals surface area (Å²) in [7, 11) is 0. The van der Waals surface area contributed by atoms with E-state index in [1.165, 1.54) is 11.9 Å². The average molecular weight is 483 g/mol. The van der Waals surface area contributed by atoms with Gasteiger partial charge in [-0.1, -0.05) is 0 Å². The number of fused-ring (bicyclic) bond motifs is 2. The molecule has 4 N–H and O–H groups in total. The van der Waals surface area contributed by atoms with Gasteiger partial charge in [-0.3, -0.25) is 5.10 Å². The summed E-state index contributed by atoms with van der Waals surface area (Å²) in [5.74, 6) is 0.727. The van der Waals surface area contributed by atoms with E-state index in [1.807, 2.05) is 35.9 Å². The van der Waals surface area contributed by atoms with E-state index in [9.17, 15) is 10.2 Å². The van der Waals surface area contributed by atoms with Crippen LogP contribution >= 0.6 is 12.4 Å². The van der Waals surface area contributed by atoms with Crippen LogP contribution in [-0.4, -0.2) is 59.8 Å². The molecule has 6 rings (SSSR count). The first kappa shape index (κ1) is 22.8. The van der Waals surface area contributed by atoms with Crippen molar-refractivity contribution in [3.63, 3.8) is 0 Å². The Hall–Kier alpha value is -2.98. The fraction of sp³-hybridized carbons (Fsp3) is 0.375. The highest BCUT2D eigenvalue weighted by molar-refractivity contribution is 5.85. The van der Waals surface area contributed by atoms with Gasteiger partial charge in [0.1, 0.15) is 36.0 Å². The maximum Gasteiger partial charge on any atom is 0.143 e. The Morgan fingerprint density at radius 1 is 1.15 bits per heavy atom. The molecule has 2 aliphatic rings. The normalized spacial score (nSPS) is 24.1. The summed E-state index contributed by atoms with van der Waals surface area (Å²) in [6.07, 6.45) is 4.05. The number of nitrogens with one attached hydrogen (secondary N) is 2. The minimum atomic E-state index is -1.02. The van der Waals surface area contributed by atoms with Gasteiger partial charge in [0.15, 0.2) is 0 Å². The van der Waals surface area contributed by atoms with Gasteiger partial charge in [-0.05, 0) is 49.7 Å².